The second-order valence-corrected chi connectivity index (χ2v) is 3.53. The van der Waals surface area contributed by atoms with Crippen molar-refractivity contribution in [2.75, 3.05) is 7.11 Å². The highest BCUT2D eigenvalue weighted by Crippen LogP contribution is 2.03. The predicted molar refractivity (Wildman–Crippen MR) is 64.4 cm³/mol. The molecular weight excluding hydrogens is 232 g/mol. The van der Waals surface area contributed by atoms with Gasteiger partial charge in [-0.15, -0.1) is 15.0 Å². The van der Waals surface area contributed by atoms with Crippen molar-refractivity contribution in [1.29, 1.82) is 0 Å². The van der Waals surface area contributed by atoms with E-state index in [0.29, 0.717) is 12.2 Å². The SMILES string of the molecule is COC(=O)/C=C/n1nnc(Cc2ccccc2)n1. The van der Waals surface area contributed by atoms with Crippen LogP contribution in [0.3, 0.4) is 0 Å². The first-order valence-corrected chi connectivity index (χ1v) is 5.36. The summed E-state index contributed by atoms with van der Waals surface area (Å²) < 4.78 is 4.46. The van der Waals surface area contributed by atoms with Gasteiger partial charge in [0.25, 0.3) is 0 Å². The molecule has 18 heavy (non-hydrogen) atoms. The molecule has 0 bridgehead atoms. The lowest BCUT2D eigenvalue weighted by atomic mass is 10.1. The maximum absolute atomic E-state index is 10.9. The maximum Gasteiger partial charge on any atom is 0.332 e. The molecule has 0 aliphatic rings. The quantitative estimate of drug-likeness (QED) is 0.590. The number of aromatic nitrogens is 4. The fourth-order valence-electron chi connectivity index (χ4n) is 1.36. The van der Waals surface area contributed by atoms with Crippen molar-refractivity contribution >= 4 is 12.2 Å². The molecule has 1 aromatic heterocycles. The number of esters is 1. The van der Waals surface area contributed by atoms with Crippen LogP contribution < -0.4 is 0 Å². The number of rotatable bonds is 4. The predicted octanol–water partition coefficient (Wildman–Crippen LogP) is 0.908. The van der Waals surface area contributed by atoms with E-state index in [2.05, 4.69) is 20.1 Å². The molecule has 1 aromatic carbocycles. The molecule has 0 amide bonds. The summed E-state index contributed by atoms with van der Waals surface area (Å²) in [5.41, 5.74) is 1.11. The minimum absolute atomic E-state index is 0.461. The van der Waals surface area contributed by atoms with Crippen LogP contribution in [0.25, 0.3) is 6.20 Å². The standard InChI is InChI=1S/C12H12N4O2/c1-18-12(17)7-8-16-14-11(13-15-16)9-10-5-3-2-4-6-10/h2-8H,9H2,1H3/b8-7+. The van der Waals surface area contributed by atoms with Gasteiger partial charge < -0.3 is 4.74 Å². The Bertz CT molecular complexity index is 548. The minimum atomic E-state index is -0.461. The van der Waals surface area contributed by atoms with Gasteiger partial charge in [-0.25, -0.2) is 4.79 Å². The van der Waals surface area contributed by atoms with Gasteiger partial charge in [-0.2, -0.15) is 0 Å². The van der Waals surface area contributed by atoms with Crippen LogP contribution in [0.2, 0.25) is 0 Å². The third-order valence-corrected chi connectivity index (χ3v) is 2.22. The maximum atomic E-state index is 10.9. The zero-order valence-corrected chi connectivity index (χ0v) is 9.85. The van der Waals surface area contributed by atoms with Crippen molar-refractivity contribution in [3.05, 3.63) is 47.8 Å². The van der Waals surface area contributed by atoms with Crippen molar-refractivity contribution in [3.8, 4) is 0 Å². The van der Waals surface area contributed by atoms with Crippen molar-refractivity contribution in [1.82, 2.24) is 20.2 Å². The Morgan fingerprint density at radius 1 is 1.39 bits per heavy atom. The highest BCUT2D eigenvalue weighted by Gasteiger charge is 2.02. The van der Waals surface area contributed by atoms with Crippen molar-refractivity contribution < 1.29 is 9.53 Å². The van der Waals surface area contributed by atoms with Crippen LogP contribution in [0.1, 0.15) is 11.4 Å². The van der Waals surface area contributed by atoms with E-state index in [4.69, 9.17) is 0 Å². The molecular formula is C12H12N4O2. The summed E-state index contributed by atoms with van der Waals surface area (Å²) in [5.74, 6) is 0.132. The summed E-state index contributed by atoms with van der Waals surface area (Å²) in [6.45, 7) is 0. The molecule has 0 unspecified atom stereocenters. The molecule has 2 rings (SSSR count). The summed E-state index contributed by atoms with van der Waals surface area (Å²) >= 11 is 0. The van der Waals surface area contributed by atoms with Crippen LogP contribution in [0.15, 0.2) is 36.4 Å². The van der Waals surface area contributed by atoms with Gasteiger partial charge in [0.05, 0.1) is 13.3 Å². The van der Waals surface area contributed by atoms with Gasteiger partial charge in [-0.3, -0.25) is 0 Å². The Balaban J connectivity index is 2.02. The lowest BCUT2D eigenvalue weighted by Crippen LogP contribution is -1.98. The third kappa shape index (κ3) is 3.24. The van der Waals surface area contributed by atoms with E-state index in [1.807, 2.05) is 30.3 Å². The number of carbonyl (C=O) groups excluding carboxylic acids is 1. The van der Waals surface area contributed by atoms with Gasteiger partial charge in [0.2, 0.25) is 0 Å². The second-order valence-electron chi connectivity index (χ2n) is 3.53. The van der Waals surface area contributed by atoms with Crippen molar-refractivity contribution in [3.63, 3.8) is 0 Å². The Morgan fingerprint density at radius 3 is 2.89 bits per heavy atom. The summed E-state index contributed by atoms with van der Waals surface area (Å²) in [7, 11) is 1.31. The van der Waals surface area contributed by atoms with Gasteiger partial charge >= 0.3 is 5.97 Å². The number of ether oxygens (including phenoxy) is 1. The second kappa shape index (κ2) is 5.72. The Kier molecular flexibility index (Phi) is 3.80. The van der Waals surface area contributed by atoms with Crippen molar-refractivity contribution in [2.24, 2.45) is 0 Å². The van der Waals surface area contributed by atoms with Crippen LogP contribution in [-0.4, -0.2) is 33.3 Å². The monoisotopic (exact) mass is 244 g/mol. The normalized spacial score (nSPS) is 10.7. The summed E-state index contributed by atoms with van der Waals surface area (Å²) in [4.78, 5) is 12.1. The molecule has 1 heterocycles. The number of carbonyl (C=O) groups is 1. The molecule has 6 nitrogen and oxygen atoms in total. The van der Waals surface area contributed by atoms with E-state index >= 15 is 0 Å². The zero-order chi connectivity index (χ0) is 12.8. The van der Waals surface area contributed by atoms with Crippen LogP contribution in [0, 0.1) is 0 Å². The average molecular weight is 244 g/mol. The number of nitrogens with zero attached hydrogens (tertiary/aromatic N) is 4. The molecule has 0 spiro atoms. The first-order chi connectivity index (χ1) is 8.78. The van der Waals surface area contributed by atoms with Gasteiger partial charge in [0.15, 0.2) is 5.82 Å². The number of methoxy groups -OCH3 is 1. The average Bonchev–Trinajstić information content (AvgIpc) is 2.85. The van der Waals surface area contributed by atoms with Crippen LogP contribution in [-0.2, 0) is 16.0 Å². The molecule has 0 fully saturated rings. The molecule has 0 N–H and O–H groups in total. The molecule has 0 aliphatic heterocycles. The third-order valence-electron chi connectivity index (χ3n) is 2.22. The molecule has 0 radical (unpaired) electrons. The first kappa shape index (κ1) is 12.0. The molecule has 0 atom stereocenters. The van der Waals surface area contributed by atoms with Gasteiger partial charge in [0, 0.05) is 12.5 Å². The Labute approximate surface area is 104 Å². The fraction of sp³-hybridized carbons (Fsp3) is 0.167. The fourth-order valence-corrected chi connectivity index (χ4v) is 1.36. The van der Waals surface area contributed by atoms with E-state index in [9.17, 15) is 4.79 Å². The molecule has 2 aromatic rings. The van der Waals surface area contributed by atoms with E-state index in [-0.39, 0.29) is 0 Å². The number of tetrazole rings is 1. The van der Waals surface area contributed by atoms with E-state index in [1.54, 1.807) is 0 Å². The highest BCUT2D eigenvalue weighted by molar-refractivity contribution is 5.84. The van der Waals surface area contributed by atoms with E-state index in [1.165, 1.54) is 24.2 Å². The van der Waals surface area contributed by atoms with Crippen LogP contribution >= 0.6 is 0 Å². The lowest BCUT2D eigenvalue weighted by Gasteiger charge is -1.94. The molecule has 6 heteroatoms. The first-order valence-electron chi connectivity index (χ1n) is 5.36. The van der Waals surface area contributed by atoms with Gasteiger partial charge in [0.1, 0.15) is 0 Å². The summed E-state index contributed by atoms with van der Waals surface area (Å²) in [6.07, 6.45) is 3.23. The minimum Gasteiger partial charge on any atom is -0.466 e. The number of hydrogen-bond donors (Lipinski definition) is 0. The number of hydrogen-bond acceptors (Lipinski definition) is 5. The van der Waals surface area contributed by atoms with Gasteiger partial charge in [-0.05, 0) is 10.8 Å². The van der Waals surface area contributed by atoms with Crippen LogP contribution in [0.5, 0.6) is 0 Å². The van der Waals surface area contributed by atoms with Gasteiger partial charge in [-0.1, -0.05) is 30.3 Å². The Morgan fingerprint density at radius 2 is 2.17 bits per heavy atom. The van der Waals surface area contributed by atoms with Crippen molar-refractivity contribution in [2.45, 2.75) is 6.42 Å². The molecule has 92 valence electrons. The summed E-state index contributed by atoms with van der Waals surface area (Å²) in [5, 5.41) is 11.8. The summed E-state index contributed by atoms with van der Waals surface area (Å²) in [6, 6.07) is 9.84. The smallest absolute Gasteiger partial charge is 0.332 e. The molecule has 0 saturated heterocycles. The van der Waals surface area contributed by atoms with E-state index < -0.39 is 5.97 Å². The largest absolute Gasteiger partial charge is 0.466 e. The van der Waals surface area contributed by atoms with E-state index in [0.717, 1.165) is 5.56 Å². The topological polar surface area (TPSA) is 69.9 Å². The Hall–Kier alpha value is -2.50. The lowest BCUT2D eigenvalue weighted by molar-refractivity contribution is -0.134. The van der Waals surface area contributed by atoms with Crippen LogP contribution in [0.4, 0.5) is 0 Å². The molecule has 0 saturated carbocycles. The molecule has 0 aliphatic carbocycles. The number of benzene rings is 1. The highest BCUT2D eigenvalue weighted by atomic mass is 16.5. The zero-order valence-electron chi connectivity index (χ0n) is 9.85.